The summed E-state index contributed by atoms with van der Waals surface area (Å²) in [5, 5.41) is 0. The number of alkyl halides is 2. The van der Waals surface area contributed by atoms with Crippen molar-refractivity contribution in [1.82, 2.24) is 4.98 Å². The van der Waals surface area contributed by atoms with Crippen LogP contribution in [0.25, 0.3) is 0 Å². The smallest absolute Gasteiger partial charge is 0.311 e. The average molecular weight is 295 g/mol. The number of hydrogen-bond acceptors (Lipinski definition) is 4. The van der Waals surface area contributed by atoms with Crippen LogP contribution in [0.3, 0.4) is 0 Å². The quantitative estimate of drug-likeness (QED) is 0.867. The Hall–Kier alpha value is -1.24. The fraction of sp³-hybridized carbons (Fsp3) is 0.333. The van der Waals surface area contributed by atoms with E-state index in [9.17, 15) is 13.6 Å². The van der Waals surface area contributed by atoms with Gasteiger partial charge in [0.25, 0.3) is 6.43 Å². The number of hydrogen-bond donors (Lipinski definition) is 1. The zero-order valence-electron chi connectivity index (χ0n) is 8.34. The molecule has 1 aromatic rings. The fourth-order valence-electron chi connectivity index (χ4n) is 1.06. The lowest BCUT2D eigenvalue weighted by Gasteiger charge is -2.08. The monoisotopic (exact) mass is 294 g/mol. The van der Waals surface area contributed by atoms with Gasteiger partial charge in [0.1, 0.15) is 5.69 Å². The van der Waals surface area contributed by atoms with Crippen molar-refractivity contribution in [3.05, 3.63) is 21.9 Å². The van der Waals surface area contributed by atoms with Crippen molar-refractivity contribution < 1.29 is 18.3 Å². The number of pyridine rings is 1. The molecule has 0 aliphatic rings. The molecule has 0 atom stereocenters. The molecule has 0 fully saturated rings. The van der Waals surface area contributed by atoms with E-state index in [2.05, 4.69) is 25.7 Å². The lowest BCUT2D eigenvalue weighted by atomic mass is 10.2. The Labute approximate surface area is 98.9 Å². The number of ether oxygens (including phenoxy) is 1. The number of methoxy groups -OCH3 is 1. The molecule has 0 amide bonds. The van der Waals surface area contributed by atoms with E-state index in [4.69, 9.17) is 5.73 Å². The summed E-state index contributed by atoms with van der Waals surface area (Å²) < 4.78 is 29.8. The second-order valence-corrected chi connectivity index (χ2v) is 3.80. The molecule has 0 aliphatic carbocycles. The van der Waals surface area contributed by atoms with Gasteiger partial charge in [-0.2, -0.15) is 0 Å². The van der Waals surface area contributed by atoms with Crippen molar-refractivity contribution in [2.24, 2.45) is 0 Å². The first kappa shape index (κ1) is 12.8. The average Bonchev–Trinajstić information content (AvgIpc) is 2.21. The predicted octanol–water partition coefficient (Wildman–Crippen LogP) is 2.08. The van der Waals surface area contributed by atoms with Gasteiger partial charge in [0.05, 0.1) is 24.9 Å². The maximum atomic E-state index is 12.5. The normalized spacial score (nSPS) is 10.6. The van der Waals surface area contributed by atoms with Crippen LogP contribution in [-0.4, -0.2) is 18.1 Å². The van der Waals surface area contributed by atoms with Crippen LogP contribution in [0.1, 0.15) is 17.8 Å². The molecule has 0 saturated heterocycles. The van der Waals surface area contributed by atoms with Crippen LogP contribution in [0.2, 0.25) is 0 Å². The summed E-state index contributed by atoms with van der Waals surface area (Å²) in [7, 11) is 1.21. The number of halogens is 3. The van der Waals surface area contributed by atoms with E-state index in [0.29, 0.717) is 4.47 Å². The van der Waals surface area contributed by atoms with E-state index >= 15 is 0 Å². The molecule has 0 saturated carbocycles. The van der Waals surface area contributed by atoms with Gasteiger partial charge >= 0.3 is 5.97 Å². The lowest BCUT2D eigenvalue weighted by Crippen LogP contribution is -2.09. The number of nitrogens with zero attached hydrogens (tertiary/aromatic N) is 1. The summed E-state index contributed by atoms with van der Waals surface area (Å²) in [6, 6.07) is 1.30. The van der Waals surface area contributed by atoms with Gasteiger partial charge in [0, 0.05) is 4.47 Å². The molecule has 88 valence electrons. The zero-order valence-corrected chi connectivity index (χ0v) is 9.92. The maximum absolute atomic E-state index is 12.5. The molecule has 2 N–H and O–H groups in total. The number of nitrogens with two attached hydrogens (primary N) is 1. The third-order valence-corrected chi connectivity index (χ3v) is 2.54. The van der Waals surface area contributed by atoms with Crippen molar-refractivity contribution >= 4 is 27.6 Å². The maximum Gasteiger partial charge on any atom is 0.311 e. The fourth-order valence-corrected chi connectivity index (χ4v) is 1.54. The molecular formula is C9H9BrF2N2O2. The van der Waals surface area contributed by atoms with Crippen LogP contribution in [0, 0.1) is 0 Å². The first-order valence-corrected chi connectivity index (χ1v) is 5.04. The second-order valence-electron chi connectivity index (χ2n) is 2.94. The molecule has 1 heterocycles. The van der Waals surface area contributed by atoms with Crippen LogP contribution in [0.15, 0.2) is 10.5 Å². The van der Waals surface area contributed by atoms with E-state index < -0.39 is 18.1 Å². The van der Waals surface area contributed by atoms with Gasteiger partial charge in [-0.3, -0.25) is 4.79 Å². The van der Waals surface area contributed by atoms with E-state index in [1.54, 1.807) is 0 Å². The summed E-state index contributed by atoms with van der Waals surface area (Å²) in [5.74, 6) is -0.557. The van der Waals surface area contributed by atoms with Crippen LogP contribution in [-0.2, 0) is 16.0 Å². The summed E-state index contributed by atoms with van der Waals surface area (Å²) >= 11 is 3.09. The van der Waals surface area contributed by atoms with Gasteiger partial charge in [-0.25, -0.2) is 13.8 Å². The van der Waals surface area contributed by atoms with Gasteiger partial charge in [0.2, 0.25) is 0 Å². The van der Waals surface area contributed by atoms with Gasteiger partial charge in [-0.1, -0.05) is 0 Å². The summed E-state index contributed by atoms with van der Waals surface area (Å²) in [6.45, 7) is 0. The van der Waals surface area contributed by atoms with E-state index in [1.165, 1.54) is 13.2 Å². The van der Waals surface area contributed by atoms with Crippen LogP contribution in [0.5, 0.6) is 0 Å². The third-order valence-electron chi connectivity index (χ3n) is 1.86. The number of anilines is 1. The van der Waals surface area contributed by atoms with E-state index in [0.717, 1.165) is 0 Å². The highest BCUT2D eigenvalue weighted by Crippen LogP contribution is 2.27. The summed E-state index contributed by atoms with van der Waals surface area (Å²) in [4.78, 5) is 14.6. The van der Waals surface area contributed by atoms with Crippen molar-refractivity contribution in [1.29, 1.82) is 0 Å². The first-order valence-electron chi connectivity index (χ1n) is 4.25. The highest BCUT2D eigenvalue weighted by atomic mass is 79.9. The minimum absolute atomic E-state index is 0.115. The molecular weight excluding hydrogens is 286 g/mol. The number of carbonyl (C=O) groups is 1. The number of carbonyl (C=O) groups excluding carboxylic acids is 1. The van der Waals surface area contributed by atoms with Gasteiger partial charge in [-0.15, -0.1) is 0 Å². The number of nitrogen functional groups attached to an aromatic ring is 1. The van der Waals surface area contributed by atoms with Crippen LogP contribution >= 0.6 is 15.9 Å². The molecule has 4 nitrogen and oxygen atoms in total. The molecule has 1 aromatic heterocycles. The molecule has 7 heteroatoms. The van der Waals surface area contributed by atoms with Crippen LogP contribution < -0.4 is 5.73 Å². The standard InChI is InChI=1S/C9H9BrF2N2O2/c1-16-7(15)3-6-4(10)2-5(13)8(14-6)9(11)12/h2,9H,3,13H2,1H3. The number of aromatic nitrogens is 1. The topological polar surface area (TPSA) is 65.2 Å². The predicted molar refractivity (Wildman–Crippen MR) is 57.0 cm³/mol. The largest absolute Gasteiger partial charge is 0.469 e. The Morgan fingerprint density at radius 2 is 2.31 bits per heavy atom. The third kappa shape index (κ3) is 2.88. The summed E-state index contributed by atoms with van der Waals surface area (Å²) in [5.41, 5.74) is 4.90. The molecule has 0 aliphatic heterocycles. The Morgan fingerprint density at radius 1 is 1.69 bits per heavy atom. The highest BCUT2D eigenvalue weighted by molar-refractivity contribution is 9.10. The minimum atomic E-state index is -2.77. The summed E-state index contributed by atoms with van der Waals surface area (Å²) in [6.07, 6.45) is -2.96. The molecule has 0 spiro atoms. The highest BCUT2D eigenvalue weighted by Gasteiger charge is 2.17. The molecule has 0 unspecified atom stereocenters. The lowest BCUT2D eigenvalue weighted by molar-refractivity contribution is -0.139. The molecule has 0 aromatic carbocycles. The SMILES string of the molecule is COC(=O)Cc1nc(C(F)F)c(N)cc1Br. The Balaban J connectivity index is 3.09. The Kier molecular flexibility index (Phi) is 4.17. The molecule has 16 heavy (non-hydrogen) atoms. The first-order chi connectivity index (χ1) is 7.45. The Bertz CT molecular complexity index is 413. The number of rotatable bonds is 3. The minimum Gasteiger partial charge on any atom is -0.469 e. The molecule has 1 rings (SSSR count). The van der Waals surface area contributed by atoms with E-state index in [-0.39, 0.29) is 17.8 Å². The van der Waals surface area contributed by atoms with Crippen molar-refractivity contribution in [2.75, 3.05) is 12.8 Å². The van der Waals surface area contributed by atoms with E-state index in [1.807, 2.05) is 0 Å². The zero-order chi connectivity index (χ0) is 12.3. The van der Waals surface area contributed by atoms with Crippen molar-refractivity contribution in [3.63, 3.8) is 0 Å². The van der Waals surface area contributed by atoms with Crippen molar-refractivity contribution in [2.45, 2.75) is 12.8 Å². The van der Waals surface area contributed by atoms with Crippen LogP contribution in [0.4, 0.5) is 14.5 Å². The van der Waals surface area contributed by atoms with Crippen molar-refractivity contribution in [3.8, 4) is 0 Å². The Morgan fingerprint density at radius 3 is 2.81 bits per heavy atom. The molecule has 0 radical (unpaired) electrons. The molecule has 0 bridgehead atoms. The van der Waals surface area contributed by atoms with Gasteiger partial charge < -0.3 is 10.5 Å². The van der Waals surface area contributed by atoms with Gasteiger partial charge in [-0.05, 0) is 22.0 Å². The number of esters is 1. The van der Waals surface area contributed by atoms with Gasteiger partial charge in [0.15, 0.2) is 0 Å². The second kappa shape index (κ2) is 5.20.